The average Bonchev–Trinajstić information content (AvgIpc) is 3.05. The molecule has 2 aromatic carbocycles. The van der Waals surface area contributed by atoms with Crippen molar-refractivity contribution < 1.29 is 14.3 Å². The van der Waals surface area contributed by atoms with Crippen LogP contribution in [0.5, 0.6) is 0 Å². The number of rotatable bonds is 6. The Balaban J connectivity index is 1.66. The molecular formula is C25H25BrFN3O2. The molecule has 1 aliphatic heterocycles. The highest BCUT2D eigenvalue weighted by molar-refractivity contribution is 9.10. The van der Waals surface area contributed by atoms with E-state index >= 15 is 0 Å². The average molecular weight is 498 g/mol. The molecule has 0 radical (unpaired) electrons. The lowest BCUT2D eigenvalue weighted by Gasteiger charge is -2.31. The van der Waals surface area contributed by atoms with Gasteiger partial charge < -0.3 is 10.0 Å². The van der Waals surface area contributed by atoms with Crippen LogP contribution in [0.3, 0.4) is 0 Å². The molecule has 5 nitrogen and oxygen atoms in total. The second-order valence-corrected chi connectivity index (χ2v) is 8.90. The summed E-state index contributed by atoms with van der Waals surface area (Å²) in [6, 6.07) is 14.6. The zero-order valence-electron chi connectivity index (χ0n) is 17.7. The van der Waals surface area contributed by atoms with Crippen LogP contribution in [0, 0.1) is 5.82 Å². The quantitative estimate of drug-likeness (QED) is 0.453. The molecule has 166 valence electrons. The van der Waals surface area contributed by atoms with E-state index in [1.807, 2.05) is 18.2 Å². The second kappa shape index (κ2) is 10.2. The van der Waals surface area contributed by atoms with Crippen LogP contribution < -0.4 is 4.90 Å². The van der Waals surface area contributed by atoms with E-state index in [0.29, 0.717) is 24.5 Å². The lowest BCUT2D eigenvalue weighted by molar-refractivity contribution is 0.0694. The summed E-state index contributed by atoms with van der Waals surface area (Å²) < 4.78 is 14.3. The molecular weight excluding hydrogens is 473 g/mol. The van der Waals surface area contributed by atoms with Gasteiger partial charge in [-0.25, -0.2) is 19.2 Å². The Morgan fingerprint density at radius 1 is 1.09 bits per heavy atom. The van der Waals surface area contributed by atoms with Crippen molar-refractivity contribution >= 4 is 27.8 Å². The van der Waals surface area contributed by atoms with Crippen molar-refractivity contribution in [2.45, 2.75) is 44.6 Å². The van der Waals surface area contributed by atoms with Gasteiger partial charge in [0.15, 0.2) is 0 Å². The molecule has 0 spiro atoms. The van der Waals surface area contributed by atoms with Gasteiger partial charge in [-0.15, -0.1) is 0 Å². The molecule has 0 aliphatic carbocycles. The van der Waals surface area contributed by atoms with E-state index in [9.17, 15) is 14.3 Å². The van der Waals surface area contributed by atoms with Crippen LogP contribution >= 0.6 is 15.9 Å². The van der Waals surface area contributed by atoms with Crippen molar-refractivity contribution in [3.8, 4) is 0 Å². The third-order valence-electron chi connectivity index (χ3n) is 5.92. The highest BCUT2D eigenvalue weighted by atomic mass is 79.9. The number of hydrogen-bond donors (Lipinski definition) is 1. The standard InChI is InChI=1S/C25H25BrFN3O2/c26-21-7-4-3-6-19(21)23-8-2-1-5-15-30(23)25-28-16-20(24(31)32)22(29-25)14-11-17-9-12-18(27)13-10-17/h3-4,6-7,9-10,12-13,16,23H,1-2,5,8,11,14-15H2,(H,31,32). The van der Waals surface area contributed by atoms with E-state index in [0.717, 1.165) is 42.3 Å². The van der Waals surface area contributed by atoms with Crippen LogP contribution in [-0.2, 0) is 12.8 Å². The van der Waals surface area contributed by atoms with Gasteiger partial charge in [0.2, 0.25) is 5.95 Å². The topological polar surface area (TPSA) is 66.3 Å². The molecule has 1 unspecified atom stereocenters. The van der Waals surface area contributed by atoms with Crippen molar-refractivity contribution in [3.63, 3.8) is 0 Å². The van der Waals surface area contributed by atoms with E-state index < -0.39 is 5.97 Å². The minimum absolute atomic E-state index is 0.114. The predicted molar refractivity (Wildman–Crippen MR) is 125 cm³/mol. The lowest BCUT2D eigenvalue weighted by atomic mass is 10.0. The summed E-state index contributed by atoms with van der Waals surface area (Å²) in [6.45, 7) is 0.815. The predicted octanol–water partition coefficient (Wildman–Crippen LogP) is 5.98. The van der Waals surface area contributed by atoms with E-state index in [1.165, 1.54) is 23.9 Å². The van der Waals surface area contributed by atoms with Gasteiger partial charge in [0.05, 0.1) is 17.3 Å². The van der Waals surface area contributed by atoms with E-state index in [-0.39, 0.29) is 17.4 Å². The van der Waals surface area contributed by atoms with Gasteiger partial charge in [-0.1, -0.05) is 59.1 Å². The molecule has 1 N–H and O–H groups in total. The zero-order valence-corrected chi connectivity index (χ0v) is 19.3. The number of aromatic nitrogens is 2. The van der Waals surface area contributed by atoms with Gasteiger partial charge in [0, 0.05) is 17.2 Å². The van der Waals surface area contributed by atoms with Gasteiger partial charge in [-0.3, -0.25) is 0 Å². The van der Waals surface area contributed by atoms with Crippen molar-refractivity contribution in [1.29, 1.82) is 0 Å². The number of carbonyl (C=O) groups is 1. The Kier molecular flexibility index (Phi) is 7.15. The number of anilines is 1. The number of aromatic carboxylic acids is 1. The largest absolute Gasteiger partial charge is 0.478 e. The molecule has 3 aromatic rings. The Labute approximate surface area is 195 Å². The molecule has 1 fully saturated rings. The van der Waals surface area contributed by atoms with Crippen LogP contribution in [0.25, 0.3) is 0 Å². The minimum Gasteiger partial charge on any atom is -0.478 e. The van der Waals surface area contributed by atoms with Gasteiger partial charge in [0.25, 0.3) is 0 Å². The summed E-state index contributed by atoms with van der Waals surface area (Å²) in [5, 5.41) is 9.66. The van der Waals surface area contributed by atoms with Crippen LogP contribution in [-0.4, -0.2) is 27.6 Å². The third-order valence-corrected chi connectivity index (χ3v) is 6.65. The maximum atomic E-state index is 13.2. The molecule has 0 bridgehead atoms. The summed E-state index contributed by atoms with van der Waals surface area (Å²) in [7, 11) is 0. The highest BCUT2D eigenvalue weighted by Gasteiger charge is 2.27. The molecule has 1 atom stereocenters. The van der Waals surface area contributed by atoms with Crippen LogP contribution in [0.15, 0.2) is 59.2 Å². The molecule has 7 heteroatoms. The van der Waals surface area contributed by atoms with E-state index in [1.54, 1.807) is 12.1 Å². The van der Waals surface area contributed by atoms with Gasteiger partial charge in [-0.05, 0) is 55.0 Å². The summed E-state index contributed by atoms with van der Waals surface area (Å²) in [6.07, 6.45) is 6.72. The van der Waals surface area contributed by atoms with Gasteiger partial charge in [-0.2, -0.15) is 0 Å². The van der Waals surface area contributed by atoms with Gasteiger partial charge in [0.1, 0.15) is 5.82 Å². The van der Waals surface area contributed by atoms with Crippen LogP contribution in [0.2, 0.25) is 0 Å². The van der Waals surface area contributed by atoms with E-state index in [4.69, 9.17) is 4.98 Å². The fraction of sp³-hybridized carbons (Fsp3) is 0.320. The number of carboxylic acid groups (broad SMARTS) is 1. The fourth-order valence-electron chi connectivity index (χ4n) is 4.24. The first-order valence-electron chi connectivity index (χ1n) is 10.9. The summed E-state index contributed by atoms with van der Waals surface area (Å²) in [4.78, 5) is 23.2. The summed E-state index contributed by atoms with van der Waals surface area (Å²) in [5.41, 5.74) is 2.74. The Hall–Kier alpha value is -2.80. The molecule has 1 aromatic heterocycles. The molecule has 4 rings (SSSR count). The molecule has 2 heterocycles. The smallest absolute Gasteiger partial charge is 0.339 e. The third kappa shape index (κ3) is 5.15. The molecule has 1 aliphatic rings. The van der Waals surface area contributed by atoms with Crippen molar-refractivity contribution in [2.75, 3.05) is 11.4 Å². The van der Waals surface area contributed by atoms with Crippen molar-refractivity contribution in [3.05, 3.63) is 87.4 Å². The first-order chi connectivity index (χ1) is 15.5. The fourth-order valence-corrected chi connectivity index (χ4v) is 4.79. The Morgan fingerprint density at radius 3 is 2.62 bits per heavy atom. The van der Waals surface area contributed by atoms with E-state index in [2.05, 4.69) is 31.9 Å². The van der Waals surface area contributed by atoms with Crippen molar-refractivity contribution in [2.24, 2.45) is 0 Å². The maximum absolute atomic E-state index is 13.2. The van der Waals surface area contributed by atoms with Crippen molar-refractivity contribution in [1.82, 2.24) is 9.97 Å². The normalized spacial score (nSPS) is 16.6. The Morgan fingerprint density at radius 2 is 1.88 bits per heavy atom. The SMILES string of the molecule is O=C(O)c1cnc(N2CCCCCC2c2ccccc2Br)nc1CCc1ccc(F)cc1. The lowest BCUT2D eigenvalue weighted by Crippen LogP contribution is -2.31. The second-order valence-electron chi connectivity index (χ2n) is 8.04. The number of benzene rings is 2. The molecule has 0 saturated carbocycles. The number of nitrogens with zero attached hydrogens (tertiary/aromatic N) is 3. The van der Waals surface area contributed by atoms with Crippen LogP contribution in [0.1, 0.15) is 58.9 Å². The van der Waals surface area contributed by atoms with Gasteiger partial charge >= 0.3 is 5.97 Å². The summed E-state index contributed by atoms with van der Waals surface area (Å²) >= 11 is 3.69. The molecule has 0 amide bonds. The minimum atomic E-state index is -1.04. The summed E-state index contributed by atoms with van der Waals surface area (Å²) in [5.74, 6) is -0.765. The Bertz CT molecular complexity index is 1090. The number of aryl methyl sites for hydroxylation is 2. The number of carboxylic acids is 1. The maximum Gasteiger partial charge on any atom is 0.339 e. The molecule has 32 heavy (non-hydrogen) atoms. The number of hydrogen-bond acceptors (Lipinski definition) is 4. The van der Waals surface area contributed by atoms with Crippen LogP contribution in [0.4, 0.5) is 10.3 Å². The first-order valence-corrected chi connectivity index (χ1v) is 11.7. The zero-order chi connectivity index (χ0) is 22.5. The first kappa shape index (κ1) is 22.4. The molecule has 1 saturated heterocycles. The highest BCUT2D eigenvalue weighted by Crippen LogP contribution is 2.36. The number of halogens is 2. The monoisotopic (exact) mass is 497 g/mol.